The minimum atomic E-state index is -2.54. The van der Waals surface area contributed by atoms with Crippen molar-refractivity contribution in [3.8, 4) is 0 Å². The Kier molecular flexibility index (Phi) is 4.68. The molecule has 0 aliphatic rings. The number of hydrogen-bond donors (Lipinski definition) is 2. The summed E-state index contributed by atoms with van der Waals surface area (Å²) in [6, 6.07) is 9.30. The van der Waals surface area contributed by atoms with Crippen LogP contribution in [0.3, 0.4) is 0 Å². The first-order valence-corrected chi connectivity index (χ1v) is 5.57. The van der Waals surface area contributed by atoms with E-state index in [9.17, 15) is 13.6 Å². The highest BCUT2D eigenvalue weighted by Crippen LogP contribution is 2.02. The van der Waals surface area contributed by atoms with Gasteiger partial charge in [0.1, 0.15) is 5.70 Å². The van der Waals surface area contributed by atoms with Crippen molar-refractivity contribution in [2.75, 3.05) is 0 Å². The van der Waals surface area contributed by atoms with Crippen LogP contribution in [0.5, 0.6) is 0 Å². The van der Waals surface area contributed by atoms with Crippen LogP contribution in [0.25, 0.3) is 0 Å². The standard InChI is InChI=1S/C10H12N2O3S/c11-10(13)9(12-16(14)15)7-6-8-4-2-1-3-5-8/h1-5,7,12H,6H2,(H2,11,13)(H,14,15)/p-1. The number of benzene rings is 1. The molecule has 1 rings (SSSR count). The van der Waals surface area contributed by atoms with Gasteiger partial charge >= 0.3 is 0 Å². The van der Waals surface area contributed by atoms with Crippen LogP contribution in [-0.2, 0) is 22.5 Å². The molecule has 0 aliphatic heterocycles. The highest BCUT2D eigenvalue weighted by molar-refractivity contribution is 7.77. The summed E-state index contributed by atoms with van der Waals surface area (Å²) in [5.74, 6) is -0.805. The van der Waals surface area contributed by atoms with Crippen molar-refractivity contribution in [3.63, 3.8) is 0 Å². The Labute approximate surface area is 95.8 Å². The molecule has 0 heterocycles. The molecule has 16 heavy (non-hydrogen) atoms. The molecule has 6 heteroatoms. The number of nitrogens with two attached hydrogens (primary N) is 1. The number of primary amides is 1. The Bertz CT molecular complexity index is 417. The molecule has 0 bridgehead atoms. The van der Waals surface area contributed by atoms with Gasteiger partial charge in [0.2, 0.25) is 0 Å². The minimum Gasteiger partial charge on any atom is -0.755 e. The van der Waals surface area contributed by atoms with E-state index in [1.807, 2.05) is 35.1 Å². The van der Waals surface area contributed by atoms with E-state index in [0.717, 1.165) is 5.56 Å². The predicted octanol–water partition coefficient (Wildman–Crippen LogP) is -0.0180. The zero-order chi connectivity index (χ0) is 12.0. The lowest BCUT2D eigenvalue weighted by Gasteiger charge is -2.09. The molecule has 86 valence electrons. The van der Waals surface area contributed by atoms with Gasteiger partial charge in [0, 0.05) is 11.3 Å². The van der Waals surface area contributed by atoms with E-state index in [2.05, 4.69) is 0 Å². The second kappa shape index (κ2) is 6.04. The van der Waals surface area contributed by atoms with Gasteiger partial charge in [0.15, 0.2) is 0 Å². The third-order valence-corrected chi connectivity index (χ3v) is 2.23. The van der Waals surface area contributed by atoms with E-state index < -0.39 is 17.2 Å². The Balaban J connectivity index is 2.72. The largest absolute Gasteiger partial charge is 0.755 e. The number of hydrogen-bond acceptors (Lipinski definition) is 3. The van der Waals surface area contributed by atoms with E-state index in [1.165, 1.54) is 6.08 Å². The van der Waals surface area contributed by atoms with Crippen LogP contribution in [0.2, 0.25) is 0 Å². The molecule has 0 saturated heterocycles. The maximum atomic E-state index is 10.9. The molecular formula is C10H11N2O3S-. The van der Waals surface area contributed by atoms with Crippen LogP contribution in [0.15, 0.2) is 42.1 Å². The number of allylic oxidation sites excluding steroid dienone is 1. The van der Waals surface area contributed by atoms with E-state index in [4.69, 9.17) is 5.73 Å². The monoisotopic (exact) mass is 239 g/mol. The summed E-state index contributed by atoms with van der Waals surface area (Å²) in [5, 5.41) is 0. The highest BCUT2D eigenvalue weighted by atomic mass is 32.2. The summed E-state index contributed by atoms with van der Waals surface area (Å²) in [6.07, 6.45) is 1.87. The van der Waals surface area contributed by atoms with Crippen LogP contribution in [0.4, 0.5) is 0 Å². The lowest BCUT2D eigenvalue weighted by molar-refractivity contribution is -0.114. The Morgan fingerprint density at radius 3 is 2.56 bits per heavy atom. The summed E-state index contributed by atoms with van der Waals surface area (Å²) < 4.78 is 22.7. The molecule has 0 saturated carbocycles. The molecule has 0 spiro atoms. The average molecular weight is 239 g/mol. The van der Waals surface area contributed by atoms with Crippen LogP contribution < -0.4 is 10.5 Å². The topological polar surface area (TPSA) is 95.2 Å². The number of carbonyl (C=O) groups is 1. The van der Waals surface area contributed by atoms with E-state index in [-0.39, 0.29) is 5.70 Å². The minimum absolute atomic E-state index is 0.128. The molecular weight excluding hydrogens is 228 g/mol. The summed E-state index contributed by atoms with van der Waals surface area (Å²) >= 11 is -2.54. The lowest BCUT2D eigenvalue weighted by Crippen LogP contribution is -2.27. The molecule has 1 aromatic rings. The van der Waals surface area contributed by atoms with Gasteiger partial charge in [0.05, 0.1) is 0 Å². The van der Waals surface area contributed by atoms with Gasteiger partial charge in [-0.3, -0.25) is 9.00 Å². The van der Waals surface area contributed by atoms with Crippen LogP contribution in [-0.4, -0.2) is 14.7 Å². The molecule has 3 N–H and O–H groups in total. The SMILES string of the molecule is NC(=O)C(=CCc1ccccc1)NS(=O)[O-]. The molecule has 1 unspecified atom stereocenters. The van der Waals surface area contributed by atoms with E-state index >= 15 is 0 Å². The second-order valence-corrected chi connectivity index (χ2v) is 3.68. The quantitative estimate of drug-likeness (QED) is 0.558. The molecule has 1 aromatic carbocycles. The fraction of sp³-hybridized carbons (Fsp3) is 0.100. The molecule has 1 atom stereocenters. The molecule has 5 nitrogen and oxygen atoms in total. The van der Waals surface area contributed by atoms with Crippen molar-refractivity contribution >= 4 is 17.2 Å². The van der Waals surface area contributed by atoms with E-state index in [0.29, 0.717) is 6.42 Å². The first-order valence-electron chi connectivity index (χ1n) is 4.49. The van der Waals surface area contributed by atoms with Crippen molar-refractivity contribution in [2.45, 2.75) is 6.42 Å². The first kappa shape index (κ1) is 12.4. The number of rotatable bonds is 5. The summed E-state index contributed by atoms with van der Waals surface area (Å²) in [6.45, 7) is 0. The molecule has 0 aliphatic carbocycles. The van der Waals surface area contributed by atoms with Crippen molar-refractivity contribution in [1.29, 1.82) is 0 Å². The molecule has 0 radical (unpaired) electrons. The fourth-order valence-corrected chi connectivity index (χ4v) is 1.48. The maximum Gasteiger partial charge on any atom is 0.265 e. The molecule has 0 fully saturated rings. The van der Waals surface area contributed by atoms with Crippen molar-refractivity contribution in [3.05, 3.63) is 47.7 Å². The van der Waals surface area contributed by atoms with Gasteiger partial charge in [-0.05, 0) is 12.0 Å². The van der Waals surface area contributed by atoms with Crippen molar-refractivity contribution < 1.29 is 13.6 Å². The van der Waals surface area contributed by atoms with Crippen LogP contribution >= 0.6 is 0 Å². The van der Waals surface area contributed by atoms with Crippen LogP contribution in [0.1, 0.15) is 5.56 Å². The zero-order valence-corrected chi connectivity index (χ0v) is 9.20. The third kappa shape index (κ3) is 4.24. The normalized spacial score (nSPS) is 13.2. The van der Waals surface area contributed by atoms with Gasteiger partial charge < -0.3 is 15.0 Å². The van der Waals surface area contributed by atoms with Gasteiger partial charge in [-0.25, -0.2) is 0 Å². The fourth-order valence-electron chi connectivity index (χ4n) is 1.12. The lowest BCUT2D eigenvalue weighted by atomic mass is 10.1. The Morgan fingerprint density at radius 1 is 1.44 bits per heavy atom. The summed E-state index contributed by atoms with van der Waals surface area (Å²) in [7, 11) is 0. The van der Waals surface area contributed by atoms with Gasteiger partial charge in [-0.1, -0.05) is 36.4 Å². The Hall–Kier alpha value is -1.66. The first-order chi connectivity index (χ1) is 7.59. The van der Waals surface area contributed by atoms with Crippen LogP contribution in [0, 0.1) is 0 Å². The van der Waals surface area contributed by atoms with Gasteiger partial charge in [0.25, 0.3) is 5.91 Å². The zero-order valence-electron chi connectivity index (χ0n) is 8.38. The number of amides is 1. The Morgan fingerprint density at radius 2 is 2.06 bits per heavy atom. The van der Waals surface area contributed by atoms with Crippen molar-refractivity contribution in [1.82, 2.24) is 4.72 Å². The van der Waals surface area contributed by atoms with E-state index in [1.54, 1.807) is 0 Å². The smallest absolute Gasteiger partial charge is 0.265 e. The van der Waals surface area contributed by atoms with Crippen molar-refractivity contribution in [2.24, 2.45) is 5.73 Å². The third-order valence-electron chi connectivity index (χ3n) is 1.84. The second-order valence-electron chi connectivity index (χ2n) is 3.01. The molecule has 0 aromatic heterocycles. The highest BCUT2D eigenvalue weighted by Gasteiger charge is 2.03. The number of carbonyl (C=O) groups excluding carboxylic acids is 1. The summed E-state index contributed by atoms with van der Waals surface area (Å²) in [5.41, 5.74) is 5.84. The summed E-state index contributed by atoms with van der Waals surface area (Å²) in [4.78, 5) is 10.9. The average Bonchev–Trinajstić information content (AvgIpc) is 2.25. The number of nitrogens with one attached hydrogen (secondary N) is 1. The predicted molar refractivity (Wildman–Crippen MR) is 59.5 cm³/mol. The molecule has 1 amide bonds. The van der Waals surface area contributed by atoms with Gasteiger partial charge in [-0.2, -0.15) is 0 Å². The maximum absolute atomic E-state index is 10.9. The van der Waals surface area contributed by atoms with Gasteiger partial charge in [-0.15, -0.1) is 0 Å².